The van der Waals surface area contributed by atoms with E-state index in [4.69, 9.17) is 5.73 Å². The van der Waals surface area contributed by atoms with Crippen LogP contribution in [0.3, 0.4) is 0 Å². The second kappa shape index (κ2) is 5.61. The van der Waals surface area contributed by atoms with Gasteiger partial charge in [0, 0.05) is 12.6 Å². The van der Waals surface area contributed by atoms with Crippen LogP contribution in [0, 0.1) is 13.8 Å². The van der Waals surface area contributed by atoms with Gasteiger partial charge in [-0.15, -0.1) is 0 Å². The van der Waals surface area contributed by atoms with Gasteiger partial charge in [-0.25, -0.2) is 0 Å². The lowest BCUT2D eigenvalue weighted by Gasteiger charge is -2.19. The molecule has 6 heteroatoms. The maximum atomic E-state index is 11.9. The number of nitrogens with two attached hydrogens (primary N) is 1. The van der Waals surface area contributed by atoms with Crippen molar-refractivity contribution in [3.05, 3.63) is 11.4 Å². The zero-order valence-electron chi connectivity index (χ0n) is 11.9. The third kappa shape index (κ3) is 3.07. The van der Waals surface area contributed by atoms with E-state index in [2.05, 4.69) is 22.4 Å². The summed E-state index contributed by atoms with van der Waals surface area (Å²) in [5, 5.41) is 7.24. The highest BCUT2D eigenvalue weighted by Gasteiger charge is 2.21. The number of likely N-dealkylation sites (tertiary alicyclic amines) is 1. The van der Waals surface area contributed by atoms with E-state index in [0.717, 1.165) is 24.4 Å². The van der Waals surface area contributed by atoms with Crippen molar-refractivity contribution in [2.24, 2.45) is 0 Å². The number of likely N-dealkylation sites (N-methyl/N-ethyl adjacent to an activating group) is 1. The predicted octanol–water partition coefficient (Wildman–Crippen LogP) is 0.293. The highest BCUT2D eigenvalue weighted by molar-refractivity contribution is 5.76. The van der Waals surface area contributed by atoms with Crippen LogP contribution in [-0.4, -0.2) is 46.8 Å². The van der Waals surface area contributed by atoms with Gasteiger partial charge in [-0.05, 0) is 40.3 Å². The van der Waals surface area contributed by atoms with Crippen molar-refractivity contribution in [1.29, 1.82) is 0 Å². The van der Waals surface area contributed by atoms with Crippen molar-refractivity contribution in [2.75, 3.05) is 25.9 Å². The Kier molecular flexibility index (Phi) is 4.09. The molecule has 1 amide bonds. The first kappa shape index (κ1) is 13.9. The Morgan fingerprint density at radius 3 is 2.79 bits per heavy atom. The number of nitrogens with one attached hydrogen (secondary N) is 1. The summed E-state index contributed by atoms with van der Waals surface area (Å²) in [6, 6.07) is 0.467. The lowest BCUT2D eigenvalue weighted by molar-refractivity contribution is -0.122. The van der Waals surface area contributed by atoms with Gasteiger partial charge < -0.3 is 16.0 Å². The molecular formula is C13H23N5O. The van der Waals surface area contributed by atoms with Gasteiger partial charge in [0.05, 0.1) is 17.1 Å². The smallest absolute Gasteiger partial charge is 0.241 e. The van der Waals surface area contributed by atoms with Crippen molar-refractivity contribution in [3.63, 3.8) is 0 Å². The average molecular weight is 265 g/mol. The Morgan fingerprint density at radius 2 is 2.26 bits per heavy atom. The number of aromatic nitrogens is 2. The molecule has 106 valence electrons. The van der Waals surface area contributed by atoms with Gasteiger partial charge in [-0.3, -0.25) is 9.48 Å². The van der Waals surface area contributed by atoms with Crippen molar-refractivity contribution < 1.29 is 4.79 Å². The summed E-state index contributed by atoms with van der Waals surface area (Å²) < 4.78 is 1.67. The SMILES string of the molecule is Cc1nn(CC(=O)NCC2CCCN2C)c(C)c1N. The minimum atomic E-state index is -0.00843. The molecule has 19 heavy (non-hydrogen) atoms. The Balaban J connectivity index is 1.85. The number of amides is 1. The van der Waals surface area contributed by atoms with E-state index in [1.54, 1.807) is 4.68 Å². The van der Waals surface area contributed by atoms with Crippen LogP contribution >= 0.6 is 0 Å². The summed E-state index contributed by atoms with van der Waals surface area (Å²) >= 11 is 0. The Hall–Kier alpha value is -1.56. The monoisotopic (exact) mass is 265 g/mol. The molecule has 1 aliphatic rings. The quantitative estimate of drug-likeness (QED) is 0.820. The number of carbonyl (C=O) groups excluding carboxylic acids is 1. The molecule has 2 rings (SSSR count). The van der Waals surface area contributed by atoms with Gasteiger partial charge in [0.1, 0.15) is 6.54 Å². The molecule has 1 atom stereocenters. The predicted molar refractivity (Wildman–Crippen MR) is 74.8 cm³/mol. The Labute approximate surface area is 113 Å². The van der Waals surface area contributed by atoms with Gasteiger partial charge in [0.25, 0.3) is 0 Å². The number of hydrogen-bond acceptors (Lipinski definition) is 4. The van der Waals surface area contributed by atoms with Crippen LogP contribution in [-0.2, 0) is 11.3 Å². The lowest BCUT2D eigenvalue weighted by atomic mass is 10.2. The van der Waals surface area contributed by atoms with Crippen LogP contribution < -0.4 is 11.1 Å². The molecule has 1 aromatic rings. The van der Waals surface area contributed by atoms with Gasteiger partial charge in [0.15, 0.2) is 0 Å². The fourth-order valence-electron chi connectivity index (χ4n) is 2.53. The van der Waals surface area contributed by atoms with Crippen LogP contribution in [0.2, 0.25) is 0 Å². The summed E-state index contributed by atoms with van der Waals surface area (Å²) in [5.74, 6) is -0.00843. The highest BCUT2D eigenvalue weighted by Crippen LogP contribution is 2.15. The van der Waals surface area contributed by atoms with E-state index in [9.17, 15) is 4.79 Å². The minimum absolute atomic E-state index is 0.00843. The topological polar surface area (TPSA) is 76.2 Å². The van der Waals surface area contributed by atoms with Crippen LogP contribution in [0.4, 0.5) is 5.69 Å². The molecule has 1 unspecified atom stereocenters. The molecular weight excluding hydrogens is 242 g/mol. The van der Waals surface area contributed by atoms with Gasteiger partial charge in [0.2, 0.25) is 5.91 Å². The number of nitrogens with zero attached hydrogens (tertiary/aromatic N) is 3. The fourth-order valence-corrected chi connectivity index (χ4v) is 2.53. The molecule has 0 aromatic carbocycles. The van der Waals surface area contributed by atoms with E-state index in [-0.39, 0.29) is 12.5 Å². The maximum Gasteiger partial charge on any atom is 0.241 e. The molecule has 1 saturated heterocycles. The first-order valence-electron chi connectivity index (χ1n) is 6.75. The molecule has 1 aromatic heterocycles. The molecule has 0 saturated carbocycles. The third-order valence-electron chi connectivity index (χ3n) is 3.94. The van der Waals surface area contributed by atoms with Crippen molar-refractivity contribution in [1.82, 2.24) is 20.0 Å². The van der Waals surface area contributed by atoms with Crippen molar-refractivity contribution in [2.45, 2.75) is 39.3 Å². The summed E-state index contributed by atoms with van der Waals surface area (Å²) in [6.07, 6.45) is 2.37. The lowest BCUT2D eigenvalue weighted by Crippen LogP contribution is -2.39. The number of hydrogen-bond donors (Lipinski definition) is 2. The fraction of sp³-hybridized carbons (Fsp3) is 0.692. The number of anilines is 1. The van der Waals surface area contributed by atoms with Crippen LogP contribution in [0.25, 0.3) is 0 Å². The number of carbonyl (C=O) groups is 1. The first-order chi connectivity index (χ1) is 8.99. The summed E-state index contributed by atoms with van der Waals surface area (Å²) in [5.41, 5.74) is 8.15. The number of aryl methyl sites for hydroxylation is 1. The van der Waals surface area contributed by atoms with E-state index < -0.39 is 0 Å². The van der Waals surface area contributed by atoms with Crippen molar-refractivity contribution in [3.8, 4) is 0 Å². The average Bonchev–Trinajstić information content (AvgIpc) is 2.87. The second-order valence-electron chi connectivity index (χ2n) is 5.32. The van der Waals surface area contributed by atoms with E-state index in [1.807, 2.05) is 13.8 Å². The normalized spacial score (nSPS) is 19.8. The summed E-state index contributed by atoms with van der Waals surface area (Å²) in [7, 11) is 2.10. The zero-order valence-corrected chi connectivity index (χ0v) is 11.9. The zero-order chi connectivity index (χ0) is 14.0. The van der Waals surface area contributed by atoms with Gasteiger partial charge in [-0.1, -0.05) is 0 Å². The van der Waals surface area contributed by atoms with Crippen LogP contribution in [0.5, 0.6) is 0 Å². The molecule has 0 spiro atoms. The molecule has 0 bridgehead atoms. The largest absolute Gasteiger partial charge is 0.396 e. The number of rotatable bonds is 4. The number of nitrogen functional groups attached to an aromatic ring is 1. The minimum Gasteiger partial charge on any atom is -0.396 e. The molecule has 0 aliphatic carbocycles. The first-order valence-corrected chi connectivity index (χ1v) is 6.75. The Bertz CT molecular complexity index is 468. The van der Waals surface area contributed by atoms with Crippen LogP contribution in [0.1, 0.15) is 24.2 Å². The maximum absolute atomic E-state index is 11.9. The Morgan fingerprint density at radius 1 is 1.53 bits per heavy atom. The van der Waals surface area contributed by atoms with E-state index in [1.165, 1.54) is 6.42 Å². The summed E-state index contributed by atoms with van der Waals surface area (Å²) in [6.45, 7) is 5.80. The van der Waals surface area contributed by atoms with Gasteiger partial charge >= 0.3 is 0 Å². The van der Waals surface area contributed by atoms with E-state index in [0.29, 0.717) is 18.3 Å². The van der Waals surface area contributed by atoms with Gasteiger partial charge in [-0.2, -0.15) is 5.10 Å². The molecule has 0 radical (unpaired) electrons. The molecule has 3 N–H and O–H groups in total. The highest BCUT2D eigenvalue weighted by atomic mass is 16.2. The molecule has 6 nitrogen and oxygen atoms in total. The van der Waals surface area contributed by atoms with Crippen LogP contribution in [0.15, 0.2) is 0 Å². The second-order valence-corrected chi connectivity index (χ2v) is 5.32. The van der Waals surface area contributed by atoms with E-state index >= 15 is 0 Å². The molecule has 1 aliphatic heterocycles. The van der Waals surface area contributed by atoms with Crippen molar-refractivity contribution >= 4 is 11.6 Å². The standard InChI is InChI=1S/C13H23N5O/c1-9-13(14)10(2)18(16-9)8-12(19)15-7-11-5-4-6-17(11)3/h11H,4-8,14H2,1-3H3,(H,15,19). The summed E-state index contributed by atoms with van der Waals surface area (Å²) in [4.78, 5) is 14.2. The molecule has 2 heterocycles. The third-order valence-corrected chi connectivity index (χ3v) is 3.94. The molecule has 1 fully saturated rings.